The van der Waals surface area contributed by atoms with Crippen LogP contribution in [0, 0.1) is 0 Å². The van der Waals surface area contributed by atoms with Crippen molar-refractivity contribution in [3.8, 4) is 5.75 Å². The zero-order chi connectivity index (χ0) is 15.8. The molecule has 0 aromatic heterocycles. The molecule has 2 rings (SSSR count). The predicted molar refractivity (Wildman–Crippen MR) is 86.1 cm³/mol. The summed E-state index contributed by atoms with van der Waals surface area (Å²) in [6.07, 6.45) is 0. The second-order valence-electron chi connectivity index (χ2n) is 6.89. The fourth-order valence-corrected chi connectivity index (χ4v) is 2.39. The Balaban J connectivity index is 2.36. The summed E-state index contributed by atoms with van der Waals surface area (Å²) in [6.45, 7) is 9.10. The first-order valence-corrected chi connectivity index (χ1v) is 7.33. The molecule has 4 nitrogen and oxygen atoms in total. The van der Waals surface area contributed by atoms with Crippen molar-refractivity contribution in [3.63, 3.8) is 0 Å². The fourth-order valence-electron chi connectivity index (χ4n) is 2.39. The van der Waals surface area contributed by atoms with Crippen LogP contribution in [0.5, 0.6) is 5.75 Å². The molecule has 0 radical (unpaired) electrons. The average Bonchev–Trinajstić information content (AvgIpc) is 2.57. The molecular weight excluding hydrogens is 265 g/mol. The maximum absolute atomic E-state index is 6.16. The molecule has 1 aliphatic heterocycles. The van der Waals surface area contributed by atoms with E-state index in [1.807, 2.05) is 26.2 Å². The molecule has 1 saturated heterocycles. The van der Waals surface area contributed by atoms with Crippen molar-refractivity contribution < 1.29 is 14.0 Å². The third kappa shape index (κ3) is 3.25. The molecule has 0 amide bonds. The quantitative estimate of drug-likeness (QED) is 0.795. The molecule has 1 heterocycles. The van der Waals surface area contributed by atoms with Gasteiger partial charge in [0.05, 0.1) is 18.3 Å². The molecule has 116 valence electrons. The largest absolute Gasteiger partial charge is 0.497 e. The van der Waals surface area contributed by atoms with E-state index >= 15 is 0 Å². The highest BCUT2D eigenvalue weighted by atomic mass is 16.7. The van der Waals surface area contributed by atoms with E-state index in [1.54, 1.807) is 7.11 Å². The topological polar surface area (TPSA) is 30.9 Å². The van der Waals surface area contributed by atoms with E-state index in [2.05, 4.69) is 38.7 Å². The molecule has 0 aliphatic carbocycles. The summed E-state index contributed by atoms with van der Waals surface area (Å²) in [5.41, 5.74) is 1.58. The molecule has 0 atom stereocenters. The second kappa shape index (κ2) is 5.63. The van der Waals surface area contributed by atoms with Gasteiger partial charge in [-0.1, -0.05) is 6.07 Å². The predicted octanol–water partition coefficient (Wildman–Crippen LogP) is 2.06. The van der Waals surface area contributed by atoms with E-state index in [4.69, 9.17) is 14.0 Å². The van der Waals surface area contributed by atoms with Crippen LogP contribution in [-0.2, 0) is 15.9 Å². The van der Waals surface area contributed by atoms with E-state index in [0.717, 1.165) is 23.3 Å². The van der Waals surface area contributed by atoms with E-state index in [0.29, 0.717) is 0 Å². The highest BCUT2D eigenvalue weighted by Gasteiger charge is 2.52. The second-order valence-corrected chi connectivity index (χ2v) is 6.89. The molecule has 21 heavy (non-hydrogen) atoms. The molecule has 0 N–H and O–H groups in total. The van der Waals surface area contributed by atoms with Crippen molar-refractivity contribution in [1.82, 2.24) is 4.90 Å². The summed E-state index contributed by atoms with van der Waals surface area (Å²) in [6, 6.07) is 6.06. The Morgan fingerprint density at radius 3 is 2.14 bits per heavy atom. The molecule has 1 aromatic carbocycles. The zero-order valence-corrected chi connectivity index (χ0v) is 14.2. The fraction of sp³-hybridized carbons (Fsp3) is 0.625. The lowest BCUT2D eigenvalue weighted by atomic mass is 9.75. The number of rotatable bonds is 4. The van der Waals surface area contributed by atoms with Gasteiger partial charge in [0.25, 0.3) is 0 Å². The Bertz CT molecular complexity index is 498. The Hall–Kier alpha value is -1.04. The number of benzene rings is 1. The zero-order valence-electron chi connectivity index (χ0n) is 14.2. The molecule has 1 aliphatic rings. The summed E-state index contributed by atoms with van der Waals surface area (Å²) in [4.78, 5) is 2.13. The summed E-state index contributed by atoms with van der Waals surface area (Å²) in [5.74, 6) is 0.854. The lowest BCUT2D eigenvalue weighted by molar-refractivity contribution is 0.00578. The Labute approximate surface area is 128 Å². The van der Waals surface area contributed by atoms with Gasteiger partial charge in [0, 0.05) is 6.54 Å². The highest BCUT2D eigenvalue weighted by Crippen LogP contribution is 2.36. The van der Waals surface area contributed by atoms with Crippen LogP contribution in [0.2, 0.25) is 0 Å². The third-order valence-corrected chi connectivity index (χ3v) is 4.34. The Kier molecular flexibility index (Phi) is 4.38. The van der Waals surface area contributed by atoms with Gasteiger partial charge in [-0.3, -0.25) is 0 Å². The first-order chi connectivity index (χ1) is 9.66. The van der Waals surface area contributed by atoms with Crippen molar-refractivity contribution in [2.45, 2.75) is 45.4 Å². The number of methoxy groups -OCH3 is 1. The van der Waals surface area contributed by atoms with Crippen molar-refractivity contribution in [3.05, 3.63) is 23.8 Å². The van der Waals surface area contributed by atoms with Gasteiger partial charge < -0.3 is 18.9 Å². The van der Waals surface area contributed by atoms with Gasteiger partial charge in [0.1, 0.15) is 5.75 Å². The maximum Gasteiger partial charge on any atom is 0.495 e. The molecule has 1 aromatic rings. The standard InChI is InChI=1S/C16H26BNO3/c1-15(2)16(3,4)21-17(20-15)14-9-8-13(19-7)10-12(14)11-18(5)6/h8-10H,11H2,1-7H3. The van der Waals surface area contributed by atoms with E-state index < -0.39 is 0 Å². The third-order valence-electron chi connectivity index (χ3n) is 4.34. The Morgan fingerprint density at radius 1 is 1.10 bits per heavy atom. The SMILES string of the molecule is COc1ccc(B2OC(C)(C)C(C)(C)O2)c(CN(C)C)c1. The van der Waals surface area contributed by atoms with Crippen LogP contribution in [-0.4, -0.2) is 44.4 Å². The Morgan fingerprint density at radius 2 is 1.67 bits per heavy atom. The van der Waals surface area contributed by atoms with Crippen LogP contribution in [0.1, 0.15) is 33.3 Å². The molecule has 5 heteroatoms. The van der Waals surface area contributed by atoms with Gasteiger partial charge >= 0.3 is 7.12 Å². The van der Waals surface area contributed by atoms with Crippen molar-refractivity contribution in [2.75, 3.05) is 21.2 Å². The van der Waals surface area contributed by atoms with Crippen molar-refractivity contribution in [1.29, 1.82) is 0 Å². The van der Waals surface area contributed by atoms with Crippen LogP contribution in [0.25, 0.3) is 0 Å². The molecule has 0 bridgehead atoms. The first-order valence-electron chi connectivity index (χ1n) is 7.33. The minimum atomic E-state index is -0.337. The number of ether oxygens (including phenoxy) is 1. The highest BCUT2D eigenvalue weighted by molar-refractivity contribution is 6.62. The summed E-state index contributed by atoms with van der Waals surface area (Å²) >= 11 is 0. The number of hydrogen-bond donors (Lipinski definition) is 0. The molecular formula is C16H26BNO3. The van der Waals surface area contributed by atoms with Crippen LogP contribution in [0.15, 0.2) is 18.2 Å². The van der Waals surface area contributed by atoms with Crippen molar-refractivity contribution >= 4 is 12.6 Å². The monoisotopic (exact) mass is 291 g/mol. The van der Waals surface area contributed by atoms with Gasteiger partial charge in [-0.25, -0.2) is 0 Å². The van der Waals surface area contributed by atoms with Gasteiger partial charge in [-0.05, 0) is 64.9 Å². The van der Waals surface area contributed by atoms with Gasteiger partial charge in [-0.15, -0.1) is 0 Å². The summed E-state index contributed by atoms with van der Waals surface area (Å²) < 4.78 is 17.7. The molecule has 0 saturated carbocycles. The van der Waals surface area contributed by atoms with Crippen molar-refractivity contribution in [2.24, 2.45) is 0 Å². The number of nitrogens with zero attached hydrogens (tertiary/aromatic N) is 1. The molecule has 0 spiro atoms. The summed E-state index contributed by atoms with van der Waals surface area (Å²) in [7, 11) is 5.44. The minimum Gasteiger partial charge on any atom is -0.497 e. The van der Waals surface area contributed by atoms with E-state index in [9.17, 15) is 0 Å². The molecule has 1 fully saturated rings. The lowest BCUT2D eigenvalue weighted by Gasteiger charge is -2.32. The lowest BCUT2D eigenvalue weighted by Crippen LogP contribution is -2.41. The van der Waals surface area contributed by atoms with Crippen LogP contribution in [0.3, 0.4) is 0 Å². The smallest absolute Gasteiger partial charge is 0.495 e. The van der Waals surface area contributed by atoms with Gasteiger partial charge in [-0.2, -0.15) is 0 Å². The number of hydrogen-bond acceptors (Lipinski definition) is 4. The van der Waals surface area contributed by atoms with Crippen LogP contribution in [0.4, 0.5) is 0 Å². The minimum absolute atomic E-state index is 0.326. The van der Waals surface area contributed by atoms with Gasteiger partial charge in [0.2, 0.25) is 0 Å². The molecule has 0 unspecified atom stereocenters. The van der Waals surface area contributed by atoms with Crippen LogP contribution < -0.4 is 10.2 Å². The average molecular weight is 291 g/mol. The normalized spacial score (nSPS) is 20.1. The van der Waals surface area contributed by atoms with Crippen LogP contribution >= 0.6 is 0 Å². The first kappa shape index (κ1) is 16.3. The summed E-state index contributed by atoms with van der Waals surface area (Å²) in [5, 5.41) is 0. The van der Waals surface area contributed by atoms with E-state index in [1.165, 1.54) is 0 Å². The van der Waals surface area contributed by atoms with Gasteiger partial charge in [0.15, 0.2) is 0 Å². The maximum atomic E-state index is 6.16. The van der Waals surface area contributed by atoms with E-state index in [-0.39, 0.29) is 18.3 Å².